The van der Waals surface area contributed by atoms with Crippen molar-refractivity contribution in [3.8, 4) is 11.5 Å². The van der Waals surface area contributed by atoms with Crippen LogP contribution in [0.25, 0.3) is 0 Å². The van der Waals surface area contributed by atoms with Gasteiger partial charge < -0.3 is 13.8 Å². The van der Waals surface area contributed by atoms with E-state index in [0.29, 0.717) is 31.6 Å². The second kappa shape index (κ2) is 16.1. The zero-order valence-electron chi connectivity index (χ0n) is 24.5. The number of para-hydroxylation sites is 1. The van der Waals surface area contributed by atoms with Crippen molar-refractivity contribution >= 4 is 17.7 Å². The van der Waals surface area contributed by atoms with Crippen LogP contribution in [0.2, 0.25) is 0 Å². The van der Waals surface area contributed by atoms with E-state index < -0.39 is 22.7 Å². The normalized spacial score (nSPS) is 15.8. The Kier molecular flexibility index (Phi) is 13.2. The summed E-state index contributed by atoms with van der Waals surface area (Å²) in [5, 5.41) is 0. The van der Waals surface area contributed by atoms with Gasteiger partial charge in [0.15, 0.2) is 4.99 Å². The van der Waals surface area contributed by atoms with Crippen molar-refractivity contribution in [1.29, 1.82) is 0 Å². The lowest BCUT2D eigenvalue weighted by Gasteiger charge is -2.28. The van der Waals surface area contributed by atoms with E-state index in [-0.39, 0.29) is 25.7 Å². The highest BCUT2D eigenvalue weighted by Crippen LogP contribution is 2.57. The minimum absolute atomic E-state index is 0.0880. The van der Waals surface area contributed by atoms with Crippen molar-refractivity contribution in [3.05, 3.63) is 59.7 Å². The topological polar surface area (TPSA) is 88.1 Å². The molecular weight excluding hydrogens is 547 g/mol. The van der Waals surface area contributed by atoms with Gasteiger partial charge in [0.25, 0.3) is 10.1 Å². The van der Waals surface area contributed by atoms with E-state index in [1.54, 1.807) is 13.8 Å². The molecule has 224 valence electrons. The van der Waals surface area contributed by atoms with Crippen molar-refractivity contribution in [1.82, 2.24) is 0 Å². The molecule has 0 aromatic heterocycles. The van der Waals surface area contributed by atoms with Crippen LogP contribution in [0.4, 0.5) is 0 Å². The van der Waals surface area contributed by atoms with Crippen LogP contribution in [0.3, 0.4) is 0 Å². The van der Waals surface area contributed by atoms with E-state index in [1.807, 2.05) is 42.5 Å². The Morgan fingerprint density at radius 3 is 2.27 bits per heavy atom. The lowest BCUT2D eigenvalue weighted by molar-refractivity contribution is 0.158. The molecule has 0 spiro atoms. The zero-order chi connectivity index (χ0) is 29.0. The van der Waals surface area contributed by atoms with Gasteiger partial charge in [0.05, 0.1) is 19.3 Å². The maximum absolute atomic E-state index is 13.7. The summed E-state index contributed by atoms with van der Waals surface area (Å²) in [6.45, 7) is 7.97. The van der Waals surface area contributed by atoms with E-state index in [9.17, 15) is 13.0 Å². The fourth-order valence-electron chi connectivity index (χ4n) is 5.07. The first-order chi connectivity index (χ1) is 19.2. The van der Waals surface area contributed by atoms with Gasteiger partial charge in [-0.15, -0.1) is 0 Å². The SMILES string of the molecule is CCOP(=O)(OCC)C(CCCc1cccc(Oc2ccccc2CCC(C)C)c1)S(=O)(=O)OC1CCCCC1. The maximum Gasteiger partial charge on any atom is 0.351 e. The van der Waals surface area contributed by atoms with E-state index in [1.165, 1.54) is 5.56 Å². The van der Waals surface area contributed by atoms with Crippen LogP contribution < -0.4 is 4.74 Å². The summed E-state index contributed by atoms with van der Waals surface area (Å²) in [5.74, 6) is 2.19. The Bertz CT molecular complexity index is 1180. The van der Waals surface area contributed by atoms with Crippen LogP contribution in [0.15, 0.2) is 48.5 Å². The molecule has 1 atom stereocenters. The fraction of sp³-hybridized carbons (Fsp3) is 0.613. The van der Waals surface area contributed by atoms with Gasteiger partial charge in [-0.25, -0.2) is 0 Å². The first-order valence-electron chi connectivity index (χ1n) is 14.8. The quantitative estimate of drug-likeness (QED) is 0.134. The van der Waals surface area contributed by atoms with Crippen LogP contribution >= 0.6 is 7.60 Å². The molecule has 0 radical (unpaired) electrons. The molecule has 0 heterocycles. The molecule has 1 fully saturated rings. The lowest BCUT2D eigenvalue weighted by Crippen LogP contribution is -2.31. The zero-order valence-corrected chi connectivity index (χ0v) is 26.3. The first-order valence-corrected chi connectivity index (χ1v) is 17.9. The Morgan fingerprint density at radius 2 is 1.60 bits per heavy atom. The summed E-state index contributed by atoms with van der Waals surface area (Å²) in [4.78, 5) is -1.37. The first kappa shape index (κ1) is 32.8. The van der Waals surface area contributed by atoms with Crippen molar-refractivity contribution in [3.63, 3.8) is 0 Å². The van der Waals surface area contributed by atoms with Gasteiger partial charge in [-0.05, 0) is 94.0 Å². The smallest absolute Gasteiger partial charge is 0.351 e. The summed E-state index contributed by atoms with van der Waals surface area (Å²) in [6, 6.07) is 15.9. The third-order valence-electron chi connectivity index (χ3n) is 7.13. The molecule has 1 unspecified atom stereocenters. The van der Waals surface area contributed by atoms with E-state index in [4.69, 9.17) is 18.0 Å². The van der Waals surface area contributed by atoms with Crippen molar-refractivity contribution < 1.29 is 31.0 Å². The minimum atomic E-state index is -4.18. The molecule has 1 saturated carbocycles. The van der Waals surface area contributed by atoms with E-state index in [2.05, 4.69) is 19.9 Å². The van der Waals surface area contributed by atoms with Crippen LogP contribution in [0, 0.1) is 5.92 Å². The highest BCUT2D eigenvalue weighted by atomic mass is 32.2. The van der Waals surface area contributed by atoms with Crippen LogP contribution in [-0.2, 0) is 40.8 Å². The van der Waals surface area contributed by atoms with E-state index >= 15 is 0 Å². The van der Waals surface area contributed by atoms with Crippen molar-refractivity contribution in [2.45, 2.75) is 103 Å². The molecule has 1 aliphatic rings. The lowest BCUT2D eigenvalue weighted by atomic mass is 9.98. The molecule has 40 heavy (non-hydrogen) atoms. The molecule has 9 heteroatoms. The third-order valence-corrected chi connectivity index (χ3v) is 12.3. The van der Waals surface area contributed by atoms with Gasteiger partial charge >= 0.3 is 7.60 Å². The van der Waals surface area contributed by atoms with Crippen molar-refractivity contribution in [2.75, 3.05) is 13.2 Å². The number of ether oxygens (including phenoxy) is 1. The third kappa shape index (κ3) is 9.99. The second-order valence-corrected chi connectivity index (χ2v) is 15.2. The fourth-order valence-corrected chi connectivity index (χ4v) is 9.63. The van der Waals surface area contributed by atoms with Gasteiger partial charge in [-0.3, -0.25) is 8.75 Å². The van der Waals surface area contributed by atoms with Gasteiger partial charge in [-0.1, -0.05) is 63.4 Å². The van der Waals surface area contributed by atoms with Gasteiger partial charge in [0.1, 0.15) is 11.5 Å². The standard InChI is InChI=1S/C31H47O7PS/c1-5-35-39(32,36-6-2)31(40(33,34)38-28-17-8-7-9-18-28)21-13-15-26-14-12-19-29(24-26)37-30-20-11-10-16-27(30)23-22-25(3)4/h10-12,14,16,19-20,24-25,28,31H,5-9,13,15,17-18,21-23H2,1-4H3. The van der Waals surface area contributed by atoms with Crippen LogP contribution in [0.1, 0.15) is 90.2 Å². The van der Waals surface area contributed by atoms with Gasteiger partial charge in [-0.2, -0.15) is 8.42 Å². The molecule has 2 aromatic rings. The van der Waals surface area contributed by atoms with Crippen LogP contribution in [0.5, 0.6) is 11.5 Å². The highest BCUT2D eigenvalue weighted by Gasteiger charge is 2.46. The Labute approximate surface area is 241 Å². The average Bonchev–Trinajstić information content (AvgIpc) is 2.91. The molecule has 2 aromatic carbocycles. The Balaban J connectivity index is 1.71. The van der Waals surface area contributed by atoms with E-state index in [0.717, 1.165) is 49.2 Å². The Morgan fingerprint density at radius 1 is 0.900 bits per heavy atom. The summed E-state index contributed by atoms with van der Waals surface area (Å²) in [7, 11) is -8.13. The molecule has 0 aliphatic heterocycles. The predicted octanol–water partition coefficient (Wildman–Crippen LogP) is 8.66. The predicted molar refractivity (Wildman–Crippen MR) is 161 cm³/mol. The summed E-state index contributed by atoms with van der Waals surface area (Å²) in [6.07, 6.45) is 7.13. The molecule has 0 bridgehead atoms. The number of hydrogen-bond acceptors (Lipinski definition) is 7. The summed E-state index contributed by atoms with van der Waals surface area (Å²) < 4.78 is 63.5. The summed E-state index contributed by atoms with van der Waals surface area (Å²) >= 11 is 0. The monoisotopic (exact) mass is 594 g/mol. The number of aryl methyl sites for hydroxylation is 2. The largest absolute Gasteiger partial charge is 0.457 e. The molecule has 0 N–H and O–H groups in total. The van der Waals surface area contributed by atoms with Crippen LogP contribution in [-0.4, -0.2) is 32.7 Å². The molecule has 1 aliphatic carbocycles. The second-order valence-electron chi connectivity index (χ2n) is 10.9. The number of hydrogen-bond donors (Lipinski definition) is 0. The number of benzene rings is 2. The number of rotatable bonds is 17. The molecule has 0 saturated heterocycles. The van der Waals surface area contributed by atoms with Gasteiger partial charge in [0.2, 0.25) is 0 Å². The minimum Gasteiger partial charge on any atom is -0.457 e. The van der Waals surface area contributed by atoms with Crippen molar-refractivity contribution in [2.24, 2.45) is 5.92 Å². The molecule has 7 nitrogen and oxygen atoms in total. The molecular formula is C31H47O7PS. The summed E-state index contributed by atoms with van der Waals surface area (Å²) in [5.41, 5.74) is 2.18. The highest BCUT2D eigenvalue weighted by molar-refractivity contribution is 7.94. The average molecular weight is 595 g/mol. The van der Waals surface area contributed by atoms with Gasteiger partial charge in [0, 0.05) is 0 Å². The molecule has 0 amide bonds. The maximum atomic E-state index is 13.7. The Hall–Kier alpha value is -1.70. The molecule has 3 rings (SSSR count).